The summed E-state index contributed by atoms with van der Waals surface area (Å²) in [6.07, 6.45) is 2.30. The zero-order valence-corrected chi connectivity index (χ0v) is 11.6. The van der Waals surface area contributed by atoms with Crippen molar-refractivity contribution in [1.82, 2.24) is 5.32 Å². The third-order valence-electron chi connectivity index (χ3n) is 3.04. The molecule has 1 aromatic rings. The highest BCUT2D eigenvalue weighted by molar-refractivity contribution is 6.42. The van der Waals surface area contributed by atoms with Gasteiger partial charge in [0.2, 0.25) is 0 Å². The topological polar surface area (TPSA) is 38.3 Å². The van der Waals surface area contributed by atoms with Crippen LogP contribution < -0.4 is 5.32 Å². The van der Waals surface area contributed by atoms with Crippen molar-refractivity contribution in [3.05, 3.63) is 33.8 Å². The lowest BCUT2D eigenvalue weighted by Gasteiger charge is -2.17. The minimum absolute atomic E-state index is 0.0805. The summed E-state index contributed by atoms with van der Waals surface area (Å²) >= 11 is 11.7. The van der Waals surface area contributed by atoms with E-state index in [0.717, 1.165) is 12.8 Å². The number of carbonyl (C=O) groups is 1. The second-order valence-corrected chi connectivity index (χ2v) is 5.32. The summed E-state index contributed by atoms with van der Waals surface area (Å²) in [6, 6.07) is 4.95. The summed E-state index contributed by atoms with van der Waals surface area (Å²) in [5, 5.41) is 3.81. The number of nitrogens with one attached hydrogen (secondary N) is 1. The number of carbonyl (C=O) groups excluding carboxylic acids is 1. The average molecular weight is 288 g/mol. The lowest BCUT2D eigenvalue weighted by molar-refractivity contribution is 0.0884. The normalized spacial score (nSPS) is 16.4. The van der Waals surface area contributed by atoms with Crippen molar-refractivity contribution < 1.29 is 9.53 Å². The van der Waals surface area contributed by atoms with Crippen LogP contribution in [0.3, 0.4) is 0 Å². The lowest BCUT2D eigenvalue weighted by Crippen LogP contribution is -2.39. The quantitative estimate of drug-likeness (QED) is 0.904. The van der Waals surface area contributed by atoms with Gasteiger partial charge in [-0.2, -0.15) is 0 Å². The SMILES string of the molecule is COCC(NC(=O)c1ccc(Cl)c(Cl)c1)C1CC1. The van der Waals surface area contributed by atoms with Crippen molar-refractivity contribution in [2.75, 3.05) is 13.7 Å². The molecule has 1 amide bonds. The fourth-order valence-corrected chi connectivity index (χ4v) is 2.16. The van der Waals surface area contributed by atoms with Crippen LogP contribution in [0.15, 0.2) is 18.2 Å². The fourth-order valence-electron chi connectivity index (χ4n) is 1.86. The van der Waals surface area contributed by atoms with Gasteiger partial charge < -0.3 is 10.1 Å². The molecule has 0 bridgehead atoms. The van der Waals surface area contributed by atoms with E-state index in [-0.39, 0.29) is 11.9 Å². The van der Waals surface area contributed by atoms with Crippen LogP contribution in [-0.4, -0.2) is 25.7 Å². The third kappa shape index (κ3) is 3.37. The highest BCUT2D eigenvalue weighted by Crippen LogP contribution is 2.33. The molecule has 5 heteroatoms. The Morgan fingerprint density at radius 3 is 2.72 bits per heavy atom. The molecule has 0 aromatic heterocycles. The zero-order valence-electron chi connectivity index (χ0n) is 10.1. The van der Waals surface area contributed by atoms with Crippen LogP contribution in [0.4, 0.5) is 0 Å². The molecule has 0 aliphatic heterocycles. The molecule has 1 saturated carbocycles. The number of halogens is 2. The Balaban J connectivity index is 2.03. The summed E-state index contributed by atoms with van der Waals surface area (Å²) in [6.45, 7) is 0.539. The second-order valence-electron chi connectivity index (χ2n) is 4.50. The zero-order chi connectivity index (χ0) is 13.1. The van der Waals surface area contributed by atoms with Crippen LogP contribution in [0, 0.1) is 5.92 Å². The minimum atomic E-state index is -0.137. The molecule has 1 aliphatic rings. The first-order valence-electron chi connectivity index (χ1n) is 5.86. The van der Waals surface area contributed by atoms with Crippen molar-refractivity contribution in [2.24, 2.45) is 5.92 Å². The molecule has 2 rings (SSSR count). The van der Waals surface area contributed by atoms with E-state index < -0.39 is 0 Å². The van der Waals surface area contributed by atoms with Gasteiger partial charge in [0.25, 0.3) is 5.91 Å². The molecule has 0 radical (unpaired) electrons. The van der Waals surface area contributed by atoms with Gasteiger partial charge in [-0.05, 0) is 37.0 Å². The van der Waals surface area contributed by atoms with E-state index >= 15 is 0 Å². The Bertz CT molecular complexity index is 447. The largest absolute Gasteiger partial charge is 0.383 e. The van der Waals surface area contributed by atoms with E-state index in [4.69, 9.17) is 27.9 Å². The van der Waals surface area contributed by atoms with Gasteiger partial charge >= 0.3 is 0 Å². The molecule has 1 unspecified atom stereocenters. The van der Waals surface area contributed by atoms with Crippen LogP contribution >= 0.6 is 23.2 Å². The molecule has 1 atom stereocenters. The Hall–Kier alpha value is -0.770. The maximum absolute atomic E-state index is 12.1. The maximum Gasteiger partial charge on any atom is 0.251 e. The standard InChI is InChI=1S/C13H15Cl2NO2/c1-18-7-12(8-2-3-8)16-13(17)9-4-5-10(14)11(15)6-9/h4-6,8,12H,2-3,7H2,1H3,(H,16,17). The fraction of sp³-hybridized carbons (Fsp3) is 0.462. The van der Waals surface area contributed by atoms with E-state index in [2.05, 4.69) is 5.32 Å². The minimum Gasteiger partial charge on any atom is -0.383 e. The molecular weight excluding hydrogens is 273 g/mol. The number of rotatable bonds is 5. The molecule has 1 N–H and O–H groups in total. The summed E-state index contributed by atoms with van der Waals surface area (Å²) in [5.74, 6) is 0.402. The monoisotopic (exact) mass is 287 g/mol. The summed E-state index contributed by atoms with van der Waals surface area (Å²) in [7, 11) is 1.64. The maximum atomic E-state index is 12.1. The van der Waals surface area contributed by atoms with Gasteiger partial charge in [0.1, 0.15) is 0 Å². The van der Waals surface area contributed by atoms with Crippen molar-refractivity contribution in [1.29, 1.82) is 0 Å². The summed E-state index contributed by atoms with van der Waals surface area (Å²) in [4.78, 5) is 12.1. The van der Waals surface area contributed by atoms with Gasteiger partial charge in [-0.3, -0.25) is 4.79 Å². The van der Waals surface area contributed by atoms with Gasteiger partial charge in [-0.1, -0.05) is 23.2 Å². The first kappa shape index (κ1) is 13.7. The molecule has 98 valence electrons. The van der Waals surface area contributed by atoms with E-state index in [9.17, 15) is 4.79 Å². The molecule has 1 aromatic carbocycles. The number of benzene rings is 1. The molecule has 1 fully saturated rings. The molecule has 18 heavy (non-hydrogen) atoms. The number of hydrogen-bond acceptors (Lipinski definition) is 2. The van der Waals surface area contributed by atoms with Crippen LogP contribution in [0.25, 0.3) is 0 Å². The van der Waals surface area contributed by atoms with Crippen molar-refractivity contribution in [3.8, 4) is 0 Å². The molecule has 1 aliphatic carbocycles. The van der Waals surface area contributed by atoms with Crippen LogP contribution in [0.5, 0.6) is 0 Å². The Labute approximate surface area is 116 Å². The highest BCUT2D eigenvalue weighted by atomic mass is 35.5. The van der Waals surface area contributed by atoms with Crippen molar-refractivity contribution >= 4 is 29.1 Å². The van der Waals surface area contributed by atoms with E-state index in [1.54, 1.807) is 25.3 Å². The van der Waals surface area contributed by atoms with E-state index in [1.807, 2.05) is 0 Å². The van der Waals surface area contributed by atoms with Gasteiger partial charge in [-0.15, -0.1) is 0 Å². The van der Waals surface area contributed by atoms with Crippen LogP contribution in [0.1, 0.15) is 23.2 Å². The summed E-state index contributed by atoms with van der Waals surface area (Å²) in [5.41, 5.74) is 0.520. The van der Waals surface area contributed by atoms with Gasteiger partial charge in [-0.25, -0.2) is 0 Å². The summed E-state index contributed by atoms with van der Waals surface area (Å²) < 4.78 is 5.12. The number of ether oxygens (including phenoxy) is 1. The predicted octanol–water partition coefficient (Wildman–Crippen LogP) is 3.15. The number of amides is 1. The second kappa shape index (κ2) is 5.91. The molecule has 0 saturated heterocycles. The van der Waals surface area contributed by atoms with Gasteiger partial charge in [0, 0.05) is 12.7 Å². The highest BCUT2D eigenvalue weighted by Gasteiger charge is 2.32. The van der Waals surface area contributed by atoms with Gasteiger partial charge in [0.05, 0.1) is 22.7 Å². The first-order chi connectivity index (χ1) is 8.61. The smallest absolute Gasteiger partial charge is 0.251 e. The average Bonchev–Trinajstić information content (AvgIpc) is 3.16. The van der Waals surface area contributed by atoms with Crippen LogP contribution in [-0.2, 0) is 4.74 Å². The van der Waals surface area contributed by atoms with E-state index in [1.165, 1.54) is 0 Å². The molecule has 0 heterocycles. The van der Waals surface area contributed by atoms with Crippen LogP contribution in [0.2, 0.25) is 10.0 Å². The van der Waals surface area contributed by atoms with Crippen molar-refractivity contribution in [2.45, 2.75) is 18.9 Å². The number of methoxy groups -OCH3 is 1. The first-order valence-corrected chi connectivity index (χ1v) is 6.62. The Kier molecular flexibility index (Phi) is 4.49. The third-order valence-corrected chi connectivity index (χ3v) is 3.77. The lowest BCUT2D eigenvalue weighted by atomic mass is 10.1. The Morgan fingerprint density at radius 2 is 2.17 bits per heavy atom. The molecule has 0 spiro atoms. The molecular formula is C13H15Cl2NO2. The molecule has 3 nitrogen and oxygen atoms in total. The predicted molar refractivity (Wildman–Crippen MR) is 72.3 cm³/mol. The van der Waals surface area contributed by atoms with Crippen molar-refractivity contribution in [3.63, 3.8) is 0 Å². The van der Waals surface area contributed by atoms with E-state index in [0.29, 0.717) is 28.1 Å². The Morgan fingerprint density at radius 1 is 1.44 bits per heavy atom. The van der Waals surface area contributed by atoms with Gasteiger partial charge in [0.15, 0.2) is 0 Å². The number of hydrogen-bond donors (Lipinski definition) is 1.